The van der Waals surface area contributed by atoms with Gasteiger partial charge in [0.2, 0.25) is 5.92 Å². The molecule has 0 aliphatic heterocycles. The fourth-order valence-corrected chi connectivity index (χ4v) is 1.76. The van der Waals surface area contributed by atoms with Crippen LogP contribution in [-0.2, 0) is 0 Å². The molecule has 0 saturated heterocycles. The predicted octanol–water partition coefficient (Wildman–Crippen LogP) is 2.55. The summed E-state index contributed by atoms with van der Waals surface area (Å²) in [5, 5.41) is 2.86. The highest BCUT2D eigenvalue weighted by Gasteiger charge is 2.54. The highest BCUT2D eigenvalue weighted by atomic mass is 19.3. The number of alkyl halides is 2. The molecule has 0 aromatic carbocycles. The van der Waals surface area contributed by atoms with Gasteiger partial charge in [0.25, 0.3) is 0 Å². The van der Waals surface area contributed by atoms with Crippen LogP contribution in [0, 0.1) is 5.41 Å². The Bertz CT molecular complexity index is 201. The normalized spacial score (nSPS) is 26.2. The lowest BCUT2D eigenvalue weighted by atomic mass is 9.63. The molecule has 3 heteroatoms. The zero-order chi connectivity index (χ0) is 9.41. The maximum Gasteiger partial charge on any atom is 0.249 e. The van der Waals surface area contributed by atoms with Crippen LogP contribution in [0.15, 0.2) is 11.8 Å². The summed E-state index contributed by atoms with van der Waals surface area (Å²) in [4.78, 5) is 0. The minimum atomic E-state index is -2.43. The van der Waals surface area contributed by atoms with Gasteiger partial charge in [0.1, 0.15) is 0 Å². The minimum absolute atomic E-state index is 0.00991. The maximum absolute atomic E-state index is 12.6. The number of allylic oxidation sites excluding steroid dienone is 1. The summed E-state index contributed by atoms with van der Waals surface area (Å²) in [6.45, 7) is 3.78. The number of hydrogen-bond acceptors (Lipinski definition) is 1. The van der Waals surface area contributed by atoms with Gasteiger partial charge >= 0.3 is 0 Å². The van der Waals surface area contributed by atoms with Gasteiger partial charge in [0.05, 0.1) is 0 Å². The molecule has 1 N–H and O–H groups in total. The third kappa shape index (κ3) is 1.59. The van der Waals surface area contributed by atoms with Crippen LogP contribution >= 0.6 is 0 Å². The van der Waals surface area contributed by atoms with Crippen molar-refractivity contribution in [3.8, 4) is 0 Å². The van der Waals surface area contributed by atoms with Crippen molar-refractivity contribution in [3.63, 3.8) is 0 Å². The lowest BCUT2D eigenvalue weighted by molar-refractivity contribution is -0.138. The van der Waals surface area contributed by atoms with Crippen LogP contribution in [0.1, 0.15) is 26.7 Å². The maximum atomic E-state index is 12.6. The Hall–Kier alpha value is -0.600. The molecule has 0 unspecified atom stereocenters. The third-order valence-electron chi connectivity index (χ3n) is 2.61. The van der Waals surface area contributed by atoms with Crippen LogP contribution < -0.4 is 5.32 Å². The van der Waals surface area contributed by atoms with Gasteiger partial charge in [0.15, 0.2) is 0 Å². The monoisotopic (exact) mass is 175 g/mol. The molecular weight excluding hydrogens is 160 g/mol. The number of halogens is 2. The van der Waals surface area contributed by atoms with Gasteiger partial charge < -0.3 is 5.32 Å². The van der Waals surface area contributed by atoms with E-state index in [-0.39, 0.29) is 18.3 Å². The Kier molecular flexibility index (Phi) is 2.15. The summed E-state index contributed by atoms with van der Waals surface area (Å²) in [6, 6.07) is 0. The second kappa shape index (κ2) is 2.71. The molecule has 0 aromatic rings. The van der Waals surface area contributed by atoms with E-state index in [2.05, 4.69) is 5.32 Å². The van der Waals surface area contributed by atoms with Gasteiger partial charge in [0, 0.05) is 25.3 Å². The molecule has 1 nitrogen and oxygen atoms in total. The van der Waals surface area contributed by atoms with E-state index in [1.165, 1.54) is 0 Å². The van der Waals surface area contributed by atoms with Gasteiger partial charge in [-0.2, -0.15) is 0 Å². The molecule has 12 heavy (non-hydrogen) atoms. The molecule has 70 valence electrons. The topological polar surface area (TPSA) is 12.0 Å². The average Bonchev–Trinajstić information content (AvgIpc) is 1.83. The predicted molar refractivity (Wildman–Crippen MR) is 45.1 cm³/mol. The summed E-state index contributed by atoms with van der Waals surface area (Å²) in [5.74, 6) is -2.43. The number of nitrogens with one attached hydrogen (secondary N) is 1. The first kappa shape index (κ1) is 9.49. The summed E-state index contributed by atoms with van der Waals surface area (Å²) in [5.41, 5.74) is 0.725. The van der Waals surface area contributed by atoms with Crippen molar-refractivity contribution in [1.82, 2.24) is 5.32 Å². The van der Waals surface area contributed by atoms with E-state index < -0.39 is 5.92 Å². The highest BCUT2D eigenvalue weighted by Crippen LogP contribution is 2.55. The first-order valence-corrected chi connectivity index (χ1v) is 4.12. The standard InChI is InChI=1S/C9H15F2N/c1-7(4-12-3)8(2)5-9(10,11)6-8/h4,12H,5-6H2,1-3H3/b7-4+. The summed E-state index contributed by atoms with van der Waals surface area (Å²) < 4.78 is 25.2. The van der Waals surface area contributed by atoms with E-state index in [9.17, 15) is 8.78 Å². The fraction of sp³-hybridized carbons (Fsp3) is 0.778. The molecule has 0 bridgehead atoms. The summed E-state index contributed by atoms with van der Waals surface area (Å²) >= 11 is 0. The molecule has 0 spiro atoms. The van der Waals surface area contributed by atoms with Gasteiger partial charge in [-0.15, -0.1) is 0 Å². The Morgan fingerprint density at radius 2 is 1.92 bits per heavy atom. The molecule has 1 saturated carbocycles. The molecule has 0 amide bonds. The van der Waals surface area contributed by atoms with Gasteiger partial charge in [-0.25, -0.2) is 8.78 Å². The average molecular weight is 175 g/mol. The van der Waals surface area contributed by atoms with Crippen LogP contribution in [0.5, 0.6) is 0 Å². The Morgan fingerprint density at radius 3 is 2.25 bits per heavy atom. The van der Waals surface area contributed by atoms with E-state index in [4.69, 9.17) is 0 Å². The molecule has 0 radical (unpaired) electrons. The van der Waals surface area contributed by atoms with E-state index >= 15 is 0 Å². The molecule has 1 aliphatic rings. The highest BCUT2D eigenvalue weighted by molar-refractivity contribution is 5.17. The largest absolute Gasteiger partial charge is 0.394 e. The Balaban J connectivity index is 2.60. The molecular formula is C9H15F2N. The zero-order valence-corrected chi connectivity index (χ0v) is 7.75. The lowest BCUT2D eigenvalue weighted by Crippen LogP contribution is -2.44. The zero-order valence-electron chi connectivity index (χ0n) is 7.75. The van der Waals surface area contributed by atoms with Gasteiger partial charge in [-0.1, -0.05) is 12.5 Å². The number of hydrogen-bond donors (Lipinski definition) is 1. The molecule has 1 rings (SSSR count). The second-order valence-electron chi connectivity index (χ2n) is 3.89. The minimum Gasteiger partial charge on any atom is -0.394 e. The second-order valence-corrected chi connectivity index (χ2v) is 3.89. The Morgan fingerprint density at radius 1 is 1.42 bits per heavy atom. The van der Waals surface area contributed by atoms with Crippen LogP contribution in [0.3, 0.4) is 0 Å². The van der Waals surface area contributed by atoms with Crippen molar-refractivity contribution in [2.24, 2.45) is 5.41 Å². The van der Waals surface area contributed by atoms with Gasteiger partial charge in [-0.3, -0.25) is 0 Å². The van der Waals surface area contributed by atoms with Crippen LogP contribution in [-0.4, -0.2) is 13.0 Å². The SMILES string of the molecule is CN/C=C(\C)C1(C)CC(F)(F)C1. The van der Waals surface area contributed by atoms with Crippen molar-refractivity contribution < 1.29 is 8.78 Å². The molecule has 0 aromatic heterocycles. The fourth-order valence-electron chi connectivity index (χ4n) is 1.76. The Labute approximate surface area is 71.8 Å². The van der Waals surface area contributed by atoms with Crippen molar-refractivity contribution >= 4 is 0 Å². The summed E-state index contributed by atoms with van der Waals surface area (Å²) in [6.07, 6.45) is 1.78. The molecule has 1 fully saturated rings. The number of rotatable bonds is 2. The van der Waals surface area contributed by atoms with E-state index in [1.807, 2.05) is 13.8 Å². The van der Waals surface area contributed by atoms with Crippen molar-refractivity contribution in [3.05, 3.63) is 11.8 Å². The van der Waals surface area contributed by atoms with E-state index in [0.29, 0.717) is 0 Å². The first-order valence-electron chi connectivity index (χ1n) is 4.12. The van der Waals surface area contributed by atoms with Crippen molar-refractivity contribution in [2.45, 2.75) is 32.6 Å². The van der Waals surface area contributed by atoms with Crippen molar-refractivity contribution in [2.75, 3.05) is 7.05 Å². The molecule has 1 aliphatic carbocycles. The molecule has 0 atom stereocenters. The van der Waals surface area contributed by atoms with Crippen molar-refractivity contribution in [1.29, 1.82) is 0 Å². The van der Waals surface area contributed by atoms with Crippen LogP contribution in [0.4, 0.5) is 8.78 Å². The lowest BCUT2D eigenvalue weighted by Gasteiger charge is -2.45. The third-order valence-corrected chi connectivity index (χ3v) is 2.61. The van der Waals surface area contributed by atoms with Gasteiger partial charge in [-0.05, 0) is 13.1 Å². The first-order chi connectivity index (χ1) is 5.40. The molecule has 0 heterocycles. The van der Waals surface area contributed by atoms with Crippen LogP contribution in [0.25, 0.3) is 0 Å². The van der Waals surface area contributed by atoms with Crippen LogP contribution in [0.2, 0.25) is 0 Å². The smallest absolute Gasteiger partial charge is 0.249 e. The van der Waals surface area contributed by atoms with E-state index in [1.54, 1.807) is 13.2 Å². The quantitative estimate of drug-likeness (QED) is 0.680. The van der Waals surface area contributed by atoms with E-state index in [0.717, 1.165) is 5.57 Å². The summed E-state index contributed by atoms with van der Waals surface area (Å²) in [7, 11) is 1.78.